The summed E-state index contributed by atoms with van der Waals surface area (Å²) in [5.74, 6) is 0.0473. The number of H-pyrrole nitrogens is 1. The highest BCUT2D eigenvalue weighted by atomic mass is 19.1. The van der Waals surface area contributed by atoms with Crippen LogP contribution in [0.3, 0.4) is 0 Å². The Morgan fingerprint density at radius 2 is 2.10 bits per heavy atom. The third-order valence-electron chi connectivity index (χ3n) is 3.24. The van der Waals surface area contributed by atoms with Crippen molar-refractivity contribution >= 4 is 0 Å². The molecule has 21 heavy (non-hydrogen) atoms. The average Bonchev–Trinajstić information content (AvgIpc) is 3.09. The van der Waals surface area contributed by atoms with Gasteiger partial charge in [0, 0.05) is 18.3 Å². The van der Waals surface area contributed by atoms with Gasteiger partial charge in [0.2, 0.25) is 0 Å². The van der Waals surface area contributed by atoms with Gasteiger partial charge in [-0.25, -0.2) is 14.3 Å². The largest absolute Gasteiger partial charge is 0.343 e. The second-order valence-corrected chi connectivity index (χ2v) is 4.59. The molecule has 0 aliphatic carbocycles. The summed E-state index contributed by atoms with van der Waals surface area (Å²) < 4.78 is 16.9. The molecule has 2 aromatic heterocycles. The highest BCUT2D eigenvalue weighted by Crippen LogP contribution is 2.15. The number of rotatable bonds is 4. The Balaban J connectivity index is 2.01. The number of hydrogen-bond donors (Lipinski definition) is 1. The van der Waals surface area contributed by atoms with Gasteiger partial charge in [-0.1, -0.05) is 18.2 Å². The van der Waals surface area contributed by atoms with Crippen LogP contribution in [-0.2, 0) is 13.1 Å². The SMILES string of the molecule is CCn1ccc(-c2n[nH]c(=O)n2Cc2ccccc2F)n1. The van der Waals surface area contributed by atoms with Crippen molar-refractivity contribution in [2.75, 3.05) is 0 Å². The molecule has 6 nitrogen and oxygen atoms in total. The quantitative estimate of drug-likeness (QED) is 0.793. The topological polar surface area (TPSA) is 68.5 Å². The van der Waals surface area contributed by atoms with Gasteiger partial charge in [0.15, 0.2) is 5.82 Å². The Bertz CT molecular complexity index is 817. The molecule has 1 aromatic carbocycles. The van der Waals surface area contributed by atoms with Gasteiger partial charge in [0.05, 0.1) is 6.54 Å². The summed E-state index contributed by atoms with van der Waals surface area (Å²) >= 11 is 0. The summed E-state index contributed by atoms with van der Waals surface area (Å²) in [7, 11) is 0. The lowest BCUT2D eigenvalue weighted by Crippen LogP contribution is -2.19. The minimum Gasteiger partial charge on any atom is -0.272 e. The van der Waals surface area contributed by atoms with Crippen molar-refractivity contribution in [3.63, 3.8) is 0 Å². The number of aromatic nitrogens is 5. The van der Waals surface area contributed by atoms with Crippen LogP contribution in [0.5, 0.6) is 0 Å². The third kappa shape index (κ3) is 2.49. The second kappa shape index (κ2) is 5.35. The second-order valence-electron chi connectivity index (χ2n) is 4.59. The Hall–Kier alpha value is -2.70. The van der Waals surface area contributed by atoms with Crippen molar-refractivity contribution in [1.82, 2.24) is 24.5 Å². The minimum absolute atomic E-state index is 0.107. The predicted octanol–water partition coefficient (Wildman–Crippen LogP) is 1.64. The molecule has 0 amide bonds. The molecule has 0 bridgehead atoms. The fraction of sp³-hybridized carbons (Fsp3) is 0.214. The van der Waals surface area contributed by atoms with Gasteiger partial charge in [-0.3, -0.25) is 9.25 Å². The highest BCUT2D eigenvalue weighted by Gasteiger charge is 2.14. The summed E-state index contributed by atoms with van der Waals surface area (Å²) in [5.41, 5.74) is 0.614. The zero-order chi connectivity index (χ0) is 14.8. The molecule has 0 fully saturated rings. The predicted molar refractivity (Wildman–Crippen MR) is 75.2 cm³/mol. The van der Waals surface area contributed by atoms with Crippen LogP contribution >= 0.6 is 0 Å². The molecule has 0 radical (unpaired) electrons. The van der Waals surface area contributed by atoms with Crippen LogP contribution in [0.25, 0.3) is 11.5 Å². The zero-order valence-electron chi connectivity index (χ0n) is 11.5. The van der Waals surface area contributed by atoms with Gasteiger partial charge < -0.3 is 0 Å². The van der Waals surface area contributed by atoms with Crippen molar-refractivity contribution in [2.24, 2.45) is 0 Å². The van der Waals surface area contributed by atoms with E-state index in [0.29, 0.717) is 17.1 Å². The maximum absolute atomic E-state index is 13.7. The van der Waals surface area contributed by atoms with Gasteiger partial charge in [-0.05, 0) is 19.1 Å². The molecular formula is C14H14FN5O. The first-order valence-corrected chi connectivity index (χ1v) is 6.61. The molecule has 0 saturated heterocycles. The highest BCUT2D eigenvalue weighted by molar-refractivity contribution is 5.48. The molecule has 1 N–H and O–H groups in total. The number of aryl methyl sites for hydroxylation is 1. The Kier molecular flexibility index (Phi) is 3.39. The Morgan fingerprint density at radius 3 is 2.81 bits per heavy atom. The van der Waals surface area contributed by atoms with Crippen LogP contribution in [-0.4, -0.2) is 24.5 Å². The van der Waals surface area contributed by atoms with Gasteiger partial charge in [-0.15, -0.1) is 0 Å². The molecule has 2 heterocycles. The Labute approximate surface area is 119 Å². The van der Waals surface area contributed by atoms with Crippen molar-refractivity contribution in [3.05, 3.63) is 58.4 Å². The van der Waals surface area contributed by atoms with Crippen LogP contribution in [0.2, 0.25) is 0 Å². The van der Waals surface area contributed by atoms with Crippen LogP contribution in [0.1, 0.15) is 12.5 Å². The number of nitrogens with zero attached hydrogens (tertiary/aromatic N) is 4. The molecule has 0 atom stereocenters. The van der Waals surface area contributed by atoms with Crippen molar-refractivity contribution in [2.45, 2.75) is 20.0 Å². The van der Waals surface area contributed by atoms with E-state index in [4.69, 9.17) is 0 Å². The Morgan fingerprint density at radius 1 is 1.29 bits per heavy atom. The number of halogens is 1. The average molecular weight is 287 g/mol. The first-order chi connectivity index (χ1) is 10.2. The molecule has 0 aliphatic rings. The molecular weight excluding hydrogens is 273 g/mol. The molecule has 3 aromatic rings. The summed E-state index contributed by atoms with van der Waals surface area (Å²) in [4.78, 5) is 11.9. The minimum atomic E-state index is -0.390. The summed E-state index contributed by atoms with van der Waals surface area (Å²) in [6.45, 7) is 2.80. The van der Waals surface area contributed by atoms with Crippen LogP contribution in [0, 0.1) is 5.82 Å². The van der Waals surface area contributed by atoms with Crippen molar-refractivity contribution in [1.29, 1.82) is 0 Å². The standard InChI is InChI=1S/C14H14FN5O/c1-2-19-8-7-12(18-19)13-16-17-14(21)20(13)9-10-5-3-4-6-11(10)15/h3-8H,2,9H2,1H3,(H,17,21). The lowest BCUT2D eigenvalue weighted by molar-refractivity contribution is 0.597. The van der Waals surface area contributed by atoms with Gasteiger partial charge in [0.25, 0.3) is 0 Å². The third-order valence-corrected chi connectivity index (χ3v) is 3.24. The number of aromatic amines is 1. The summed E-state index contributed by atoms with van der Waals surface area (Å²) in [6, 6.07) is 8.13. The molecule has 3 rings (SSSR count). The number of nitrogens with one attached hydrogen (secondary N) is 1. The molecule has 7 heteroatoms. The lowest BCUT2D eigenvalue weighted by Gasteiger charge is -2.05. The first-order valence-electron chi connectivity index (χ1n) is 6.61. The van der Waals surface area contributed by atoms with Crippen LogP contribution in [0.15, 0.2) is 41.3 Å². The zero-order valence-corrected chi connectivity index (χ0v) is 11.5. The van der Waals surface area contributed by atoms with E-state index in [1.165, 1.54) is 10.6 Å². The number of hydrogen-bond acceptors (Lipinski definition) is 3. The first kappa shape index (κ1) is 13.3. The smallest absolute Gasteiger partial charge is 0.272 e. The maximum atomic E-state index is 13.7. The van der Waals surface area contributed by atoms with Crippen molar-refractivity contribution in [3.8, 4) is 11.5 Å². The van der Waals surface area contributed by atoms with Gasteiger partial charge in [0.1, 0.15) is 11.5 Å². The number of benzene rings is 1. The van der Waals surface area contributed by atoms with Gasteiger partial charge >= 0.3 is 5.69 Å². The molecule has 108 valence electrons. The van der Waals surface area contributed by atoms with Gasteiger partial charge in [-0.2, -0.15) is 10.2 Å². The van der Waals surface area contributed by atoms with E-state index in [9.17, 15) is 9.18 Å². The maximum Gasteiger partial charge on any atom is 0.343 e. The summed E-state index contributed by atoms with van der Waals surface area (Å²) in [6.07, 6.45) is 1.81. The fourth-order valence-electron chi connectivity index (χ4n) is 2.11. The molecule has 0 saturated carbocycles. The fourth-order valence-corrected chi connectivity index (χ4v) is 2.11. The van der Waals surface area contributed by atoms with Crippen molar-refractivity contribution < 1.29 is 4.39 Å². The van der Waals surface area contributed by atoms with E-state index in [1.54, 1.807) is 28.9 Å². The van der Waals surface area contributed by atoms with Crippen LogP contribution < -0.4 is 5.69 Å². The molecule has 0 spiro atoms. The lowest BCUT2D eigenvalue weighted by atomic mass is 10.2. The summed E-state index contributed by atoms with van der Waals surface area (Å²) in [5, 5.41) is 10.7. The van der Waals surface area contributed by atoms with E-state index in [0.717, 1.165) is 6.54 Å². The van der Waals surface area contributed by atoms with E-state index in [-0.39, 0.29) is 18.1 Å². The van der Waals surface area contributed by atoms with E-state index in [1.807, 2.05) is 13.1 Å². The van der Waals surface area contributed by atoms with Crippen LogP contribution in [0.4, 0.5) is 4.39 Å². The monoisotopic (exact) mass is 287 g/mol. The van der Waals surface area contributed by atoms with E-state index in [2.05, 4.69) is 15.3 Å². The van der Waals surface area contributed by atoms with E-state index < -0.39 is 0 Å². The van der Waals surface area contributed by atoms with E-state index >= 15 is 0 Å². The normalized spacial score (nSPS) is 11.0. The molecule has 0 unspecified atom stereocenters. The molecule has 0 aliphatic heterocycles.